The van der Waals surface area contributed by atoms with Gasteiger partial charge in [-0.1, -0.05) is 48.5 Å². The summed E-state index contributed by atoms with van der Waals surface area (Å²) in [6.07, 6.45) is -0.387. The van der Waals surface area contributed by atoms with E-state index in [2.05, 4.69) is 15.7 Å². The second-order valence-electron chi connectivity index (χ2n) is 8.21. The Morgan fingerprint density at radius 1 is 1.09 bits per heavy atom. The smallest absolute Gasteiger partial charge is 0.407 e. The summed E-state index contributed by atoms with van der Waals surface area (Å²) in [7, 11) is 2.90. The topological polar surface area (TPSA) is 132 Å². The van der Waals surface area contributed by atoms with Gasteiger partial charge >= 0.3 is 12.1 Å². The molecule has 0 unspecified atom stereocenters. The van der Waals surface area contributed by atoms with Crippen LogP contribution in [0.15, 0.2) is 54.7 Å². The second kappa shape index (κ2) is 9.98. The number of benzene rings is 2. The summed E-state index contributed by atoms with van der Waals surface area (Å²) >= 11 is 0. The van der Waals surface area contributed by atoms with Crippen LogP contribution in [-0.4, -0.2) is 58.7 Å². The number of carbonyl (C=O) groups excluding carboxylic acids is 2. The zero-order valence-electron chi connectivity index (χ0n) is 19.5. The summed E-state index contributed by atoms with van der Waals surface area (Å²) < 4.78 is 12.0. The molecule has 0 bridgehead atoms. The number of nitrogens with zero attached hydrogens (tertiary/aromatic N) is 2. The Kier molecular flexibility index (Phi) is 6.83. The summed E-state index contributed by atoms with van der Waals surface area (Å²) in [5, 5.41) is 18.2. The number of carboxylic acid groups (broad SMARTS) is 1. The van der Waals surface area contributed by atoms with Crippen LogP contribution in [0, 0.1) is 0 Å². The summed E-state index contributed by atoms with van der Waals surface area (Å²) in [6, 6.07) is 14.8. The highest BCUT2D eigenvalue weighted by Gasteiger charge is 2.32. The number of aryl methyl sites for hydroxylation is 1. The van der Waals surface area contributed by atoms with Crippen molar-refractivity contribution in [2.45, 2.75) is 25.0 Å². The number of aromatic nitrogens is 2. The van der Waals surface area contributed by atoms with E-state index < -0.39 is 30.1 Å². The molecule has 0 fully saturated rings. The lowest BCUT2D eigenvalue weighted by Crippen LogP contribution is -2.51. The first-order chi connectivity index (χ1) is 16.8. The minimum atomic E-state index is -1.24. The third-order valence-corrected chi connectivity index (χ3v) is 6.15. The molecule has 1 aliphatic rings. The number of methoxy groups -OCH3 is 1. The Labute approximate surface area is 201 Å². The van der Waals surface area contributed by atoms with Crippen molar-refractivity contribution in [3.8, 4) is 11.1 Å². The summed E-state index contributed by atoms with van der Waals surface area (Å²) in [4.78, 5) is 37.1. The molecule has 35 heavy (non-hydrogen) atoms. The molecule has 1 aliphatic carbocycles. The highest BCUT2D eigenvalue weighted by Crippen LogP contribution is 2.44. The minimum absolute atomic E-state index is 0.00913. The van der Waals surface area contributed by atoms with Gasteiger partial charge in [-0.25, -0.2) is 9.59 Å². The van der Waals surface area contributed by atoms with Crippen LogP contribution in [0.2, 0.25) is 0 Å². The number of ether oxygens (including phenoxy) is 2. The molecule has 2 amide bonds. The predicted octanol–water partition coefficient (Wildman–Crippen LogP) is 3.00. The Morgan fingerprint density at radius 2 is 1.69 bits per heavy atom. The van der Waals surface area contributed by atoms with Gasteiger partial charge in [0.15, 0.2) is 0 Å². The Morgan fingerprint density at radius 3 is 2.26 bits per heavy atom. The number of anilines is 1. The maximum absolute atomic E-state index is 13.0. The van der Waals surface area contributed by atoms with Crippen molar-refractivity contribution in [2.75, 3.05) is 19.0 Å². The molecule has 0 saturated heterocycles. The van der Waals surface area contributed by atoms with Gasteiger partial charge in [0.2, 0.25) is 0 Å². The van der Waals surface area contributed by atoms with Crippen LogP contribution >= 0.6 is 0 Å². The fourth-order valence-electron chi connectivity index (χ4n) is 4.24. The molecule has 3 aromatic rings. The largest absolute Gasteiger partial charge is 0.477 e. The van der Waals surface area contributed by atoms with Crippen LogP contribution in [0.1, 0.15) is 34.3 Å². The molecule has 10 nitrogen and oxygen atoms in total. The molecule has 10 heteroatoms. The second-order valence-corrected chi connectivity index (χ2v) is 8.21. The maximum Gasteiger partial charge on any atom is 0.407 e. The van der Waals surface area contributed by atoms with Crippen LogP contribution in [0.25, 0.3) is 11.1 Å². The third-order valence-electron chi connectivity index (χ3n) is 6.15. The van der Waals surface area contributed by atoms with Crippen LogP contribution in [0.3, 0.4) is 0 Å². The van der Waals surface area contributed by atoms with Crippen molar-refractivity contribution in [3.05, 3.63) is 71.4 Å². The van der Waals surface area contributed by atoms with Gasteiger partial charge in [0.05, 0.1) is 12.3 Å². The van der Waals surface area contributed by atoms with E-state index >= 15 is 0 Å². The molecule has 0 saturated carbocycles. The molecule has 2 atom stereocenters. The average Bonchev–Trinajstić information content (AvgIpc) is 3.38. The predicted molar refractivity (Wildman–Crippen MR) is 127 cm³/mol. The molecule has 1 aromatic heterocycles. The average molecular weight is 479 g/mol. The van der Waals surface area contributed by atoms with E-state index in [1.54, 1.807) is 6.92 Å². The van der Waals surface area contributed by atoms with E-state index in [-0.39, 0.29) is 23.9 Å². The van der Waals surface area contributed by atoms with Crippen molar-refractivity contribution in [1.29, 1.82) is 0 Å². The van der Waals surface area contributed by atoms with Crippen molar-refractivity contribution >= 4 is 23.8 Å². The van der Waals surface area contributed by atoms with E-state index in [9.17, 15) is 19.5 Å². The lowest BCUT2D eigenvalue weighted by atomic mass is 9.98. The van der Waals surface area contributed by atoms with E-state index in [4.69, 9.17) is 9.47 Å². The highest BCUT2D eigenvalue weighted by molar-refractivity contribution is 6.02. The van der Waals surface area contributed by atoms with Crippen LogP contribution in [0.4, 0.5) is 10.6 Å². The monoisotopic (exact) mass is 478 g/mol. The van der Waals surface area contributed by atoms with E-state index in [0.717, 1.165) is 28.5 Å². The van der Waals surface area contributed by atoms with E-state index in [0.29, 0.717) is 0 Å². The van der Waals surface area contributed by atoms with Gasteiger partial charge < -0.3 is 25.2 Å². The van der Waals surface area contributed by atoms with Gasteiger partial charge in [0, 0.05) is 20.1 Å². The third kappa shape index (κ3) is 4.73. The van der Waals surface area contributed by atoms with E-state index in [1.165, 1.54) is 18.8 Å². The van der Waals surface area contributed by atoms with Gasteiger partial charge in [0.1, 0.15) is 24.0 Å². The zero-order chi connectivity index (χ0) is 25.1. The normalized spacial score (nSPS) is 13.9. The molecule has 182 valence electrons. The van der Waals surface area contributed by atoms with Gasteiger partial charge in [-0.15, -0.1) is 0 Å². The van der Waals surface area contributed by atoms with Gasteiger partial charge in [-0.3, -0.25) is 9.48 Å². The first-order valence-corrected chi connectivity index (χ1v) is 11.0. The number of rotatable bonds is 8. The Hall–Kier alpha value is -4.18. The fraction of sp³-hybridized carbons (Fsp3) is 0.280. The van der Waals surface area contributed by atoms with Gasteiger partial charge in [-0.05, 0) is 29.2 Å². The molecule has 4 rings (SSSR count). The van der Waals surface area contributed by atoms with E-state index in [1.807, 2.05) is 48.5 Å². The fourth-order valence-corrected chi connectivity index (χ4v) is 4.24. The van der Waals surface area contributed by atoms with Crippen molar-refractivity contribution in [3.63, 3.8) is 0 Å². The maximum atomic E-state index is 13.0. The number of aromatic carboxylic acids is 1. The molecule has 1 heterocycles. The number of alkyl carbamates (subject to hydrolysis) is 1. The molecule has 3 N–H and O–H groups in total. The van der Waals surface area contributed by atoms with Crippen LogP contribution in [-0.2, 0) is 21.3 Å². The zero-order valence-corrected chi connectivity index (χ0v) is 19.5. The summed E-state index contributed by atoms with van der Waals surface area (Å²) in [5.74, 6) is -2.05. The number of nitrogens with one attached hydrogen (secondary N) is 2. The SMILES string of the molecule is CO[C@H](C)[C@H](NC(=O)OCC1c2ccccc2-c2ccccc21)C(=O)Nc1c(C(=O)O)cnn1C. The number of amides is 2. The Balaban J connectivity index is 1.46. The van der Waals surface area contributed by atoms with Crippen LogP contribution in [0.5, 0.6) is 0 Å². The first-order valence-electron chi connectivity index (χ1n) is 11.0. The lowest BCUT2D eigenvalue weighted by Gasteiger charge is -2.23. The number of fused-ring (bicyclic) bond motifs is 3. The quantitative estimate of drug-likeness (QED) is 0.453. The van der Waals surface area contributed by atoms with Gasteiger partial charge in [-0.2, -0.15) is 5.10 Å². The molecule has 0 aliphatic heterocycles. The molecule has 0 spiro atoms. The molecule has 0 radical (unpaired) electrons. The highest BCUT2D eigenvalue weighted by atomic mass is 16.5. The summed E-state index contributed by atoms with van der Waals surface area (Å²) in [6.45, 7) is 1.69. The molecule has 2 aromatic carbocycles. The number of carbonyl (C=O) groups is 3. The number of hydrogen-bond acceptors (Lipinski definition) is 6. The van der Waals surface area contributed by atoms with Gasteiger partial charge in [0.25, 0.3) is 5.91 Å². The van der Waals surface area contributed by atoms with Crippen molar-refractivity contribution < 1.29 is 29.0 Å². The minimum Gasteiger partial charge on any atom is -0.477 e. The van der Waals surface area contributed by atoms with Crippen molar-refractivity contribution in [2.24, 2.45) is 7.05 Å². The number of carboxylic acids is 1. The van der Waals surface area contributed by atoms with Crippen molar-refractivity contribution in [1.82, 2.24) is 15.1 Å². The number of hydrogen-bond donors (Lipinski definition) is 3. The van der Waals surface area contributed by atoms with Crippen LogP contribution < -0.4 is 10.6 Å². The first kappa shape index (κ1) is 24.0. The summed E-state index contributed by atoms with van der Waals surface area (Å²) in [5.41, 5.74) is 4.17. The lowest BCUT2D eigenvalue weighted by molar-refractivity contribution is -0.121. The standard InChI is InChI=1S/C25H26N4O6/c1-14(34-3)21(23(30)28-22-19(24(31)32)12-26-29(22)2)27-25(33)35-13-20-17-10-6-4-8-15(17)16-9-5-7-11-18(16)20/h4-12,14,20-21H,13H2,1-3H3,(H,27,33)(H,28,30)(H,31,32)/t14-,21+/m1/s1. The Bertz CT molecular complexity index is 1220. The molecular formula is C25H26N4O6. The molecular weight excluding hydrogens is 452 g/mol.